The van der Waals surface area contributed by atoms with Crippen LogP contribution in [0.1, 0.15) is 33.1 Å². The molecule has 17 heavy (non-hydrogen) atoms. The fraction of sp³-hybridized carbons (Fsp3) is 0.615. The second-order valence-electron chi connectivity index (χ2n) is 3.69. The Labute approximate surface area is 103 Å². The summed E-state index contributed by atoms with van der Waals surface area (Å²) >= 11 is 0. The third-order valence-electron chi connectivity index (χ3n) is 2.18. The minimum absolute atomic E-state index is 0.173. The largest absolute Gasteiger partial charge is 0.463 e. The van der Waals surface area contributed by atoms with Gasteiger partial charge in [0.2, 0.25) is 0 Å². The first-order valence-electron chi connectivity index (χ1n) is 5.93. The van der Waals surface area contributed by atoms with Gasteiger partial charge >= 0.3 is 5.97 Å². The molecule has 4 nitrogen and oxygen atoms in total. The fourth-order valence-corrected chi connectivity index (χ4v) is 1.23. The van der Waals surface area contributed by atoms with E-state index in [2.05, 4.69) is 0 Å². The van der Waals surface area contributed by atoms with Crippen molar-refractivity contribution in [2.75, 3.05) is 13.2 Å². The molecule has 98 valence electrons. The van der Waals surface area contributed by atoms with E-state index in [-0.39, 0.29) is 6.61 Å². The quantitative estimate of drug-likeness (QED) is 0.293. The molecule has 0 amide bonds. The number of esters is 1. The predicted octanol–water partition coefficient (Wildman–Crippen LogP) is 1.58. The summed E-state index contributed by atoms with van der Waals surface area (Å²) in [4.78, 5) is 11.2. The number of hydrogen-bond donors (Lipinski definition) is 2. The molecule has 1 atom stereocenters. The van der Waals surface area contributed by atoms with Gasteiger partial charge in [0.25, 0.3) is 0 Å². The second-order valence-corrected chi connectivity index (χ2v) is 3.69. The molecule has 0 aromatic rings. The van der Waals surface area contributed by atoms with Crippen LogP contribution in [0.15, 0.2) is 23.8 Å². The van der Waals surface area contributed by atoms with Crippen LogP contribution in [-0.4, -0.2) is 35.5 Å². The molecule has 0 rings (SSSR count). The highest BCUT2D eigenvalue weighted by Crippen LogP contribution is 2.09. The number of carbonyl (C=O) groups excluding carboxylic acids is 1. The van der Waals surface area contributed by atoms with Crippen molar-refractivity contribution in [3.05, 3.63) is 23.8 Å². The lowest BCUT2D eigenvalue weighted by Crippen LogP contribution is -2.08. The van der Waals surface area contributed by atoms with Crippen LogP contribution in [0, 0.1) is 0 Å². The first kappa shape index (κ1) is 15.9. The lowest BCUT2D eigenvalue weighted by Gasteiger charge is -2.07. The number of hydrogen-bond acceptors (Lipinski definition) is 4. The Morgan fingerprint density at radius 2 is 2.12 bits per heavy atom. The van der Waals surface area contributed by atoms with Gasteiger partial charge in [0.05, 0.1) is 12.7 Å². The van der Waals surface area contributed by atoms with Gasteiger partial charge in [-0.3, -0.25) is 0 Å². The molecule has 0 saturated carbocycles. The average molecular weight is 242 g/mol. The summed E-state index contributed by atoms with van der Waals surface area (Å²) in [6.07, 6.45) is 6.52. The van der Waals surface area contributed by atoms with Crippen LogP contribution in [0.5, 0.6) is 0 Å². The minimum atomic E-state index is -0.665. The normalized spacial score (nSPS) is 14.0. The topological polar surface area (TPSA) is 66.8 Å². The van der Waals surface area contributed by atoms with Gasteiger partial charge < -0.3 is 14.9 Å². The zero-order valence-electron chi connectivity index (χ0n) is 10.6. The third kappa shape index (κ3) is 8.65. The molecule has 0 aromatic heterocycles. The van der Waals surface area contributed by atoms with E-state index in [1.165, 1.54) is 6.08 Å². The van der Waals surface area contributed by atoms with E-state index < -0.39 is 12.1 Å². The smallest absolute Gasteiger partial charge is 0.330 e. The highest BCUT2D eigenvalue weighted by Gasteiger charge is 2.06. The summed E-state index contributed by atoms with van der Waals surface area (Å²) in [6.45, 7) is 3.86. The Balaban J connectivity index is 4.24. The van der Waals surface area contributed by atoms with Crippen molar-refractivity contribution in [1.82, 2.24) is 0 Å². The Kier molecular flexibility index (Phi) is 9.38. The van der Waals surface area contributed by atoms with E-state index in [0.717, 1.165) is 12.8 Å². The fourth-order valence-electron chi connectivity index (χ4n) is 1.23. The van der Waals surface area contributed by atoms with Crippen molar-refractivity contribution in [2.24, 2.45) is 0 Å². The second kappa shape index (κ2) is 10.1. The highest BCUT2D eigenvalue weighted by molar-refractivity contribution is 5.83. The Morgan fingerprint density at radius 1 is 1.41 bits per heavy atom. The van der Waals surface area contributed by atoms with Crippen LogP contribution in [-0.2, 0) is 9.53 Å². The molecule has 0 aromatic carbocycles. The molecular formula is C13H22O4. The van der Waals surface area contributed by atoms with Gasteiger partial charge in [0, 0.05) is 12.7 Å². The van der Waals surface area contributed by atoms with Crippen molar-refractivity contribution in [3.63, 3.8) is 0 Å². The third-order valence-corrected chi connectivity index (χ3v) is 2.18. The van der Waals surface area contributed by atoms with Gasteiger partial charge in [-0.05, 0) is 38.7 Å². The van der Waals surface area contributed by atoms with Crippen LogP contribution in [0.4, 0.5) is 0 Å². The van der Waals surface area contributed by atoms with Crippen LogP contribution < -0.4 is 0 Å². The molecule has 0 aliphatic rings. The molecule has 0 bridgehead atoms. The van der Waals surface area contributed by atoms with Crippen LogP contribution in [0.25, 0.3) is 0 Å². The van der Waals surface area contributed by atoms with E-state index in [9.17, 15) is 9.90 Å². The number of aliphatic hydroxyl groups is 2. The van der Waals surface area contributed by atoms with E-state index in [4.69, 9.17) is 9.84 Å². The molecule has 0 radical (unpaired) electrons. The van der Waals surface area contributed by atoms with Crippen molar-refractivity contribution in [2.45, 2.75) is 39.2 Å². The number of carbonyl (C=O) groups is 1. The standard InChI is InChI=1S/C13H22O4/c1-3-17-13(16)10-12(11(2)15)8-6-4-5-7-9-14/h4,6,10-11,14-15H,3,5,7-9H2,1-2H3/b6-4+,12-10-. The Bertz CT molecular complexity index is 267. The first-order valence-corrected chi connectivity index (χ1v) is 5.93. The highest BCUT2D eigenvalue weighted by atomic mass is 16.5. The zero-order chi connectivity index (χ0) is 13.1. The van der Waals surface area contributed by atoms with Crippen molar-refractivity contribution < 1.29 is 19.7 Å². The van der Waals surface area contributed by atoms with Crippen LogP contribution >= 0.6 is 0 Å². The summed E-state index contributed by atoms with van der Waals surface area (Å²) in [7, 11) is 0. The number of allylic oxidation sites excluding steroid dienone is 2. The molecule has 0 heterocycles. The monoisotopic (exact) mass is 242 g/mol. The van der Waals surface area contributed by atoms with Gasteiger partial charge in [-0.1, -0.05) is 12.2 Å². The molecule has 0 saturated heterocycles. The Hall–Kier alpha value is -1.13. The molecule has 0 aliphatic carbocycles. The molecular weight excluding hydrogens is 220 g/mol. The van der Waals surface area contributed by atoms with E-state index >= 15 is 0 Å². The summed E-state index contributed by atoms with van der Waals surface area (Å²) < 4.78 is 4.78. The molecule has 0 fully saturated rings. The van der Waals surface area contributed by atoms with E-state index in [0.29, 0.717) is 18.6 Å². The molecule has 0 aliphatic heterocycles. The number of rotatable bonds is 8. The molecule has 1 unspecified atom stereocenters. The molecule has 4 heteroatoms. The minimum Gasteiger partial charge on any atom is -0.463 e. The van der Waals surface area contributed by atoms with Gasteiger partial charge in [0.1, 0.15) is 0 Å². The summed E-state index contributed by atoms with van der Waals surface area (Å²) in [5.41, 5.74) is 0.628. The number of unbranched alkanes of at least 4 members (excludes halogenated alkanes) is 1. The summed E-state index contributed by atoms with van der Waals surface area (Å²) in [5, 5.41) is 18.1. The van der Waals surface area contributed by atoms with E-state index in [1.54, 1.807) is 13.8 Å². The zero-order valence-corrected chi connectivity index (χ0v) is 10.6. The van der Waals surface area contributed by atoms with Gasteiger partial charge in [-0.25, -0.2) is 4.79 Å². The van der Waals surface area contributed by atoms with Crippen molar-refractivity contribution >= 4 is 5.97 Å². The first-order chi connectivity index (χ1) is 8.11. The maximum Gasteiger partial charge on any atom is 0.330 e. The van der Waals surface area contributed by atoms with Gasteiger partial charge in [0.15, 0.2) is 0 Å². The van der Waals surface area contributed by atoms with Gasteiger partial charge in [-0.2, -0.15) is 0 Å². The van der Waals surface area contributed by atoms with Gasteiger partial charge in [-0.15, -0.1) is 0 Å². The predicted molar refractivity (Wildman–Crippen MR) is 66.5 cm³/mol. The average Bonchev–Trinajstić information content (AvgIpc) is 2.27. The van der Waals surface area contributed by atoms with Crippen molar-refractivity contribution in [1.29, 1.82) is 0 Å². The van der Waals surface area contributed by atoms with E-state index in [1.807, 2.05) is 12.2 Å². The maximum atomic E-state index is 11.2. The van der Waals surface area contributed by atoms with Crippen molar-refractivity contribution in [3.8, 4) is 0 Å². The maximum absolute atomic E-state index is 11.2. The van der Waals surface area contributed by atoms with Crippen LogP contribution in [0.3, 0.4) is 0 Å². The lowest BCUT2D eigenvalue weighted by molar-refractivity contribution is -0.137. The number of ether oxygens (including phenoxy) is 1. The molecule has 2 N–H and O–H groups in total. The summed E-state index contributed by atoms with van der Waals surface area (Å²) in [6, 6.07) is 0. The Morgan fingerprint density at radius 3 is 2.65 bits per heavy atom. The SMILES string of the molecule is CCOC(=O)/C=C(/C/C=C/CCCO)C(C)O. The van der Waals surface area contributed by atoms with Crippen LogP contribution in [0.2, 0.25) is 0 Å². The summed E-state index contributed by atoms with van der Waals surface area (Å²) in [5.74, 6) is -0.424. The number of aliphatic hydroxyl groups excluding tert-OH is 2. The molecule has 0 spiro atoms. The lowest BCUT2D eigenvalue weighted by atomic mass is 10.1.